The van der Waals surface area contributed by atoms with Crippen molar-refractivity contribution in [3.8, 4) is 17.4 Å². The van der Waals surface area contributed by atoms with Gasteiger partial charge in [-0.15, -0.1) is 0 Å². The van der Waals surface area contributed by atoms with E-state index < -0.39 is 0 Å². The van der Waals surface area contributed by atoms with Crippen LogP contribution in [0.5, 0.6) is 17.4 Å². The predicted molar refractivity (Wildman–Crippen MR) is 97.9 cm³/mol. The molecule has 2 saturated heterocycles. The average molecular weight is 355 g/mol. The molecule has 0 N–H and O–H groups in total. The average Bonchev–Trinajstić information content (AvgIpc) is 3.24. The summed E-state index contributed by atoms with van der Waals surface area (Å²) in [5, 5.41) is 0. The number of hydrogen-bond acceptors (Lipinski definition) is 6. The number of rotatable bonds is 5. The molecule has 1 aromatic carbocycles. The number of benzene rings is 1. The predicted octanol–water partition coefficient (Wildman–Crippen LogP) is 3.25. The van der Waals surface area contributed by atoms with E-state index in [-0.39, 0.29) is 0 Å². The van der Waals surface area contributed by atoms with E-state index in [1.165, 1.54) is 0 Å². The second kappa shape index (κ2) is 8.01. The van der Waals surface area contributed by atoms with Crippen LogP contribution >= 0.6 is 0 Å². The Kier molecular flexibility index (Phi) is 5.32. The highest BCUT2D eigenvalue weighted by Crippen LogP contribution is 2.30. The lowest BCUT2D eigenvalue weighted by Gasteiger charge is -2.35. The fourth-order valence-electron chi connectivity index (χ4n) is 3.74. The van der Waals surface area contributed by atoms with Crippen LogP contribution in [0.15, 0.2) is 36.7 Å². The molecular formula is C20H25N3O3. The van der Waals surface area contributed by atoms with Crippen LogP contribution in [0.2, 0.25) is 0 Å². The van der Waals surface area contributed by atoms with Gasteiger partial charge in [0.05, 0.1) is 25.6 Å². The van der Waals surface area contributed by atoms with Crippen LogP contribution in [0.3, 0.4) is 0 Å². The lowest BCUT2D eigenvalue weighted by atomic mass is 9.93. The first-order valence-corrected chi connectivity index (χ1v) is 9.27. The Morgan fingerprint density at radius 3 is 2.50 bits per heavy atom. The van der Waals surface area contributed by atoms with Gasteiger partial charge in [0.15, 0.2) is 0 Å². The Morgan fingerprint density at radius 1 is 1.04 bits per heavy atom. The van der Waals surface area contributed by atoms with E-state index >= 15 is 0 Å². The third kappa shape index (κ3) is 3.97. The van der Waals surface area contributed by atoms with Crippen molar-refractivity contribution >= 4 is 0 Å². The minimum absolute atomic E-state index is 0.445. The van der Waals surface area contributed by atoms with Crippen LogP contribution in [-0.2, 0) is 4.74 Å². The summed E-state index contributed by atoms with van der Waals surface area (Å²) in [7, 11) is 1.65. The Balaban J connectivity index is 1.38. The molecule has 2 aliphatic heterocycles. The fraction of sp³-hybridized carbons (Fsp3) is 0.500. The van der Waals surface area contributed by atoms with Gasteiger partial charge in [-0.05, 0) is 56.6 Å². The maximum Gasteiger partial charge on any atom is 0.238 e. The van der Waals surface area contributed by atoms with Crippen molar-refractivity contribution in [2.24, 2.45) is 0 Å². The fourth-order valence-corrected chi connectivity index (χ4v) is 3.74. The maximum absolute atomic E-state index is 5.86. The normalized spacial score (nSPS) is 21.7. The van der Waals surface area contributed by atoms with E-state index in [2.05, 4.69) is 9.88 Å². The van der Waals surface area contributed by atoms with Gasteiger partial charge in [0.2, 0.25) is 5.88 Å². The largest absolute Gasteiger partial charge is 0.497 e. The van der Waals surface area contributed by atoms with Gasteiger partial charge in [-0.1, -0.05) is 0 Å². The molecule has 4 rings (SSSR count). The number of likely N-dealkylation sites (tertiary alicyclic amines) is 1. The Labute approximate surface area is 154 Å². The topological polar surface area (TPSA) is 56.7 Å². The standard InChI is InChI=1S/C20H25N3O3/c1-24-17-2-4-18(5-3-17)26-20-13-21-12-19(22-20)15-6-9-23(10-7-15)16-8-11-25-14-16/h2-5,12-13,15-16H,6-11,14H2,1H3/t16-/m1/s1. The molecule has 1 aromatic heterocycles. The first-order chi connectivity index (χ1) is 12.8. The summed E-state index contributed by atoms with van der Waals surface area (Å²) < 4.78 is 16.5. The van der Waals surface area contributed by atoms with Gasteiger partial charge in [0.1, 0.15) is 11.5 Å². The number of aromatic nitrogens is 2. The molecule has 0 amide bonds. The summed E-state index contributed by atoms with van der Waals surface area (Å²) >= 11 is 0. The summed E-state index contributed by atoms with van der Waals surface area (Å²) in [6, 6.07) is 8.08. The Morgan fingerprint density at radius 2 is 1.81 bits per heavy atom. The third-order valence-corrected chi connectivity index (χ3v) is 5.28. The van der Waals surface area contributed by atoms with E-state index in [1.807, 2.05) is 30.5 Å². The highest BCUT2D eigenvalue weighted by atomic mass is 16.5. The first kappa shape index (κ1) is 17.2. The molecule has 2 aliphatic rings. The van der Waals surface area contributed by atoms with Gasteiger partial charge in [-0.3, -0.25) is 9.88 Å². The van der Waals surface area contributed by atoms with Crippen LogP contribution in [0.25, 0.3) is 0 Å². The number of hydrogen-bond donors (Lipinski definition) is 0. The van der Waals surface area contributed by atoms with E-state index in [1.54, 1.807) is 13.3 Å². The summed E-state index contributed by atoms with van der Waals surface area (Å²) in [4.78, 5) is 11.6. The van der Waals surface area contributed by atoms with E-state index in [9.17, 15) is 0 Å². The molecular weight excluding hydrogens is 330 g/mol. The van der Waals surface area contributed by atoms with Crippen molar-refractivity contribution in [2.45, 2.75) is 31.2 Å². The second-order valence-electron chi connectivity index (χ2n) is 6.89. The van der Waals surface area contributed by atoms with Gasteiger partial charge in [-0.2, -0.15) is 0 Å². The molecule has 138 valence electrons. The van der Waals surface area contributed by atoms with E-state index in [0.29, 0.717) is 17.8 Å². The van der Waals surface area contributed by atoms with Gasteiger partial charge >= 0.3 is 0 Å². The molecule has 0 radical (unpaired) electrons. The Bertz CT molecular complexity index is 708. The molecule has 2 fully saturated rings. The second-order valence-corrected chi connectivity index (χ2v) is 6.89. The zero-order valence-electron chi connectivity index (χ0n) is 15.1. The molecule has 1 atom stereocenters. The molecule has 26 heavy (non-hydrogen) atoms. The quantitative estimate of drug-likeness (QED) is 0.821. The van der Waals surface area contributed by atoms with Crippen LogP contribution < -0.4 is 9.47 Å². The molecule has 0 bridgehead atoms. The minimum atomic E-state index is 0.445. The van der Waals surface area contributed by atoms with Crippen molar-refractivity contribution in [3.63, 3.8) is 0 Å². The van der Waals surface area contributed by atoms with E-state index in [4.69, 9.17) is 19.2 Å². The zero-order valence-corrected chi connectivity index (χ0v) is 15.1. The summed E-state index contributed by atoms with van der Waals surface area (Å²) in [5.41, 5.74) is 1.03. The summed E-state index contributed by atoms with van der Waals surface area (Å²) in [5.74, 6) is 2.52. The van der Waals surface area contributed by atoms with Crippen LogP contribution in [0.1, 0.15) is 30.9 Å². The molecule has 0 aliphatic carbocycles. The number of nitrogens with zero attached hydrogens (tertiary/aromatic N) is 3. The highest BCUT2D eigenvalue weighted by molar-refractivity contribution is 5.33. The van der Waals surface area contributed by atoms with Crippen molar-refractivity contribution < 1.29 is 14.2 Å². The maximum atomic E-state index is 5.86. The van der Waals surface area contributed by atoms with Gasteiger partial charge in [0.25, 0.3) is 0 Å². The molecule has 0 spiro atoms. The van der Waals surface area contributed by atoms with Crippen LogP contribution in [-0.4, -0.2) is 54.3 Å². The van der Waals surface area contributed by atoms with Gasteiger partial charge in [0, 0.05) is 24.8 Å². The zero-order chi connectivity index (χ0) is 17.8. The smallest absolute Gasteiger partial charge is 0.238 e. The van der Waals surface area contributed by atoms with Gasteiger partial charge < -0.3 is 14.2 Å². The highest BCUT2D eigenvalue weighted by Gasteiger charge is 2.28. The third-order valence-electron chi connectivity index (χ3n) is 5.28. The van der Waals surface area contributed by atoms with Crippen LogP contribution in [0.4, 0.5) is 0 Å². The SMILES string of the molecule is COc1ccc(Oc2cncc(C3CCN([C@@H]4CCOC4)CC3)n2)cc1. The summed E-state index contributed by atoms with van der Waals surface area (Å²) in [6.45, 7) is 3.99. The monoisotopic (exact) mass is 355 g/mol. The molecule has 6 nitrogen and oxygen atoms in total. The molecule has 2 aromatic rings. The first-order valence-electron chi connectivity index (χ1n) is 9.27. The van der Waals surface area contributed by atoms with Crippen molar-refractivity contribution in [1.82, 2.24) is 14.9 Å². The van der Waals surface area contributed by atoms with Crippen molar-refractivity contribution in [2.75, 3.05) is 33.4 Å². The Hall–Kier alpha value is -2.18. The minimum Gasteiger partial charge on any atom is -0.497 e. The van der Waals surface area contributed by atoms with Crippen molar-refractivity contribution in [3.05, 3.63) is 42.4 Å². The van der Waals surface area contributed by atoms with Crippen LogP contribution in [0, 0.1) is 0 Å². The number of ether oxygens (including phenoxy) is 3. The molecule has 3 heterocycles. The molecule has 0 saturated carbocycles. The number of methoxy groups -OCH3 is 1. The number of piperidine rings is 1. The molecule has 0 unspecified atom stereocenters. The lowest BCUT2D eigenvalue weighted by molar-refractivity contribution is 0.121. The van der Waals surface area contributed by atoms with E-state index in [0.717, 1.165) is 62.8 Å². The lowest BCUT2D eigenvalue weighted by Crippen LogP contribution is -2.41. The van der Waals surface area contributed by atoms with Crippen molar-refractivity contribution in [1.29, 1.82) is 0 Å². The molecule has 6 heteroatoms. The van der Waals surface area contributed by atoms with Gasteiger partial charge in [-0.25, -0.2) is 4.98 Å². The summed E-state index contributed by atoms with van der Waals surface area (Å²) in [6.07, 6.45) is 6.92.